The Labute approximate surface area is 114 Å². The van der Waals surface area contributed by atoms with Crippen molar-refractivity contribution >= 4 is 0 Å². The first kappa shape index (κ1) is 15.9. The van der Waals surface area contributed by atoms with Gasteiger partial charge < -0.3 is 15.5 Å². The van der Waals surface area contributed by atoms with Crippen molar-refractivity contribution in [2.24, 2.45) is 17.3 Å². The van der Waals surface area contributed by atoms with Crippen LogP contribution in [0.5, 0.6) is 0 Å². The molecule has 1 aliphatic rings. The minimum Gasteiger partial charge on any atom is -0.319 e. The van der Waals surface area contributed by atoms with Gasteiger partial charge in [0.15, 0.2) is 0 Å². The lowest BCUT2D eigenvalue weighted by atomic mass is 9.78. The van der Waals surface area contributed by atoms with Gasteiger partial charge in [0.1, 0.15) is 0 Å². The van der Waals surface area contributed by atoms with E-state index in [1.54, 1.807) is 0 Å². The first-order valence-corrected chi connectivity index (χ1v) is 7.53. The van der Waals surface area contributed by atoms with Gasteiger partial charge in [-0.2, -0.15) is 0 Å². The van der Waals surface area contributed by atoms with Crippen molar-refractivity contribution < 1.29 is 0 Å². The molecule has 1 aliphatic heterocycles. The Morgan fingerprint density at radius 1 is 1.33 bits per heavy atom. The Kier molecular flexibility index (Phi) is 6.61. The average Bonchev–Trinajstić information content (AvgIpc) is 2.75. The Morgan fingerprint density at radius 3 is 2.56 bits per heavy atom. The molecule has 3 nitrogen and oxygen atoms in total. The summed E-state index contributed by atoms with van der Waals surface area (Å²) in [5.74, 6) is 1.61. The number of nitrogens with zero attached hydrogens (tertiary/aromatic N) is 1. The van der Waals surface area contributed by atoms with Crippen molar-refractivity contribution in [1.82, 2.24) is 15.5 Å². The van der Waals surface area contributed by atoms with Gasteiger partial charge in [-0.1, -0.05) is 27.2 Å². The Hall–Kier alpha value is -0.120. The van der Waals surface area contributed by atoms with Crippen molar-refractivity contribution in [3.05, 3.63) is 0 Å². The van der Waals surface area contributed by atoms with Crippen LogP contribution in [0.25, 0.3) is 0 Å². The van der Waals surface area contributed by atoms with Crippen molar-refractivity contribution in [2.75, 3.05) is 46.8 Å². The topological polar surface area (TPSA) is 27.3 Å². The van der Waals surface area contributed by atoms with Crippen LogP contribution < -0.4 is 10.6 Å². The van der Waals surface area contributed by atoms with Crippen LogP contribution in [0.1, 0.15) is 33.6 Å². The molecule has 0 aliphatic carbocycles. The molecule has 0 aromatic rings. The third-order valence-electron chi connectivity index (χ3n) is 4.58. The number of hydrogen-bond acceptors (Lipinski definition) is 3. The molecule has 1 fully saturated rings. The predicted octanol–water partition coefficient (Wildman–Crippen LogP) is 1.80. The normalized spacial score (nSPS) is 23.5. The minimum absolute atomic E-state index is 0.419. The third kappa shape index (κ3) is 4.87. The smallest absolute Gasteiger partial charge is 0.00127 e. The summed E-state index contributed by atoms with van der Waals surface area (Å²) in [7, 11) is 4.28. The van der Waals surface area contributed by atoms with Gasteiger partial charge >= 0.3 is 0 Å². The molecule has 0 amide bonds. The highest BCUT2D eigenvalue weighted by atomic mass is 15.1. The maximum absolute atomic E-state index is 3.69. The number of likely N-dealkylation sites (tertiary alicyclic amines) is 1. The molecule has 0 spiro atoms. The van der Waals surface area contributed by atoms with Gasteiger partial charge in [0.2, 0.25) is 0 Å². The molecular formula is C15H33N3. The Balaban J connectivity index is 2.28. The monoisotopic (exact) mass is 255 g/mol. The van der Waals surface area contributed by atoms with E-state index >= 15 is 0 Å². The van der Waals surface area contributed by atoms with Gasteiger partial charge in [0.25, 0.3) is 0 Å². The summed E-state index contributed by atoms with van der Waals surface area (Å²) in [6, 6.07) is 0. The van der Waals surface area contributed by atoms with Crippen LogP contribution in [-0.2, 0) is 0 Å². The maximum atomic E-state index is 3.69. The molecule has 0 aromatic heterocycles. The van der Waals surface area contributed by atoms with E-state index < -0.39 is 0 Å². The summed E-state index contributed by atoms with van der Waals surface area (Å²) in [6.07, 6.45) is 2.61. The van der Waals surface area contributed by atoms with Crippen LogP contribution >= 0.6 is 0 Å². The SMILES string of the molecule is CCC(CNC)CNCC(C)(C)C1CCN(C)C1. The van der Waals surface area contributed by atoms with E-state index in [0.29, 0.717) is 5.41 Å². The second kappa shape index (κ2) is 7.46. The summed E-state index contributed by atoms with van der Waals surface area (Å²) in [6.45, 7) is 13.1. The Bertz CT molecular complexity index is 228. The molecule has 108 valence electrons. The first-order chi connectivity index (χ1) is 8.49. The zero-order valence-corrected chi connectivity index (χ0v) is 13.1. The second-order valence-electron chi connectivity index (χ2n) is 6.70. The van der Waals surface area contributed by atoms with Gasteiger partial charge in [0.05, 0.1) is 0 Å². The highest BCUT2D eigenvalue weighted by molar-refractivity contribution is 4.87. The summed E-state index contributed by atoms with van der Waals surface area (Å²) >= 11 is 0. The quantitative estimate of drug-likeness (QED) is 0.692. The van der Waals surface area contributed by atoms with Crippen LogP contribution in [0.2, 0.25) is 0 Å². The van der Waals surface area contributed by atoms with Crippen molar-refractivity contribution in [3.63, 3.8) is 0 Å². The lowest BCUT2D eigenvalue weighted by molar-refractivity contribution is 0.202. The summed E-state index contributed by atoms with van der Waals surface area (Å²) in [5, 5.41) is 6.98. The van der Waals surface area contributed by atoms with Gasteiger partial charge in [-0.25, -0.2) is 0 Å². The maximum Gasteiger partial charge on any atom is 0.00127 e. The molecular weight excluding hydrogens is 222 g/mol. The molecule has 2 N–H and O–H groups in total. The highest BCUT2D eigenvalue weighted by Gasteiger charge is 2.33. The molecule has 0 saturated carbocycles. The van der Waals surface area contributed by atoms with Gasteiger partial charge in [-0.15, -0.1) is 0 Å². The van der Waals surface area contributed by atoms with E-state index in [-0.39, 0.29) is 0 Å². The summed E-state index contributed by atoms with van der Waals surface area (Å²) < 4.78 is 0. The molecule has 1 heterocycles. The van der Waals surface area contributed by atoms with Crippen molar-refractivity contribution in [1.29, 1.82) is 0 Å². The van der Waals surface area contributed by atoms with Crippen molar-refractivity contribution in [2.45, 2.75) is 33.6 Å². The lowest BCUT2D eigenvalue weighted by Gasteiger charge is -2.32. The Morgan fingerprint density at radius 2 is 2.06 bits per heavy atom. The molecule has 2 atom stereocenters. The van der Waals surface area contributed by atoms with E-state index in [4.69, 9.17) is 0 Å². The van der Waals surface area contributed by atoms with Gasteiger partial charge in [0, 0.05) is 13.1 Å². The minimum atomic E-state index is 0.419. The molecule has 0 bridgehead atoms. The van der Waals surface area contributed by atoms with E-state index in [9.17, 15) is 0 Å². The molecule has 0 aromatic carbocycles. The zero-order chi connectivity index (χ0) is 13.6. The highest BCUT2D eigenvalue weighted by Crippen LogP contribution is 2.33. The molecule has 18 heavy (non-hydrogen) atoms. The fourth-order valence-corrected chi connectivity index (χ4v) is 2.97. The van der Waals surface area contributed by atoms with E-state index in [1.807, 2.05) is 7.05 Å². The van der Waals surface area contributed by atoms with E-state index in [2.05, 4.69) is 43.4 Å². The molecule has 2 unspecified atom stereocenters. The summed E-state index contributed by atoms with van der Waals surface area (Å²) in [4.78, 5) is 2.46. The largest absolute Gasteiger partial charge is 0.319 e. The fourth-order valence-electron chi connectivity index (χ4n) is 2.97. The van der Waals surface area contributed by atoms with Crippen LogP contribution in [0.4, 0.5) is 0 Å². The first-order valence-electron chi connectivity index (χ1n) is 7.53. The van der Waals surface area contributed by atoms with E-state index in [1.165, 1.54) is 25.9 Å². The number of nitrogens with one attached hydrogen (secondary N) is 2. The zero-order valence-electron chi connectivity index (χ0n) is 13.1. The predicted molar refractivity (Wildman–Crippen MR) is 80.0 cm³/mol. The average molecular weight is 255 g/mol. The molecule has 1 rings (SSSR count). The van der Waals surface area contributed by atoms with Crippen LogP contribution in [0.3, 0.4) is 0 Å². The number of hydrogen-bond donors (Lipinski definition) is 2. The molecule has 3 heteroatoms. The van der Waals surface area contributed by atoms with Gasteiger partial charge in [-0.3, -0.25) is 0 Å². The van der Waals surface area contributed by atoms with Crippen LogP contribution in [0, 0.1) is 17.3 Å². The fraction of sp³-hybridized carbons (Fsp3) is 1.00. The lowest BCUT2D eigenvalue weighted by Crippen LogP contribution is -2.39. The number of rotatable bonds is 8. The van der Waals surface area contributed by atoms with E-state index in [0.717, 1.165) is 31.5 Å². The van der Waals surface area contributed by atoms with Crippen LogP contribution in [-0.4, -0.2) is 51.7 Å². The second-order valence-corrected chi connectivity index (χ2v) is 6.70. The van der Waals surface area contributed by atoms with Crippen molar-refractivity contribution in [3.8, 4) is 0 Å². The van der Waals surface area contributed by atoms with Crippen LogP contribution in [0.15, 0.2) is 0 Å². The third-order valence-corrected chi connectivity index (χ3v) is 4.58. The molecule has 1 saturated heterocycles. The standard InChI is InChI=1S/C15H33N3/c1-6-13(9-16-4)10-17-12-15(2,3)14-7-8-18(5)11-14/h13-14,16-17H,6-12H2,1-5H3. The summed E-state index contributed by atoms with van der Waals surface area (Å²) in [5.41, 5.74) is 0.419. The van der Waals surface area contributed by atoms with Gasteiger partial charge in [-0.05, 0) is 57.4 Å². The molecule has 0 radical (unpaired) electrons.